The highest BCUT2D eigenvalue weighted by Gasteiger charge is 2.01. The minimum atomic E-state index is 1.18. The van der Waals surface area contributed by atoms with Crippen LogP contribution in [0.3, 0.4) is 0 Å². The van der Waals surface area contributed by atoms with Gasteiger partial charge in [-0.05, 0) is 59.7 Å². The van der Waals surface area contributed by atoms with Crippen LogP contribution >= 0.6 is 0 Å². The Labute approximate surface area is 199 Å². The molecule has 0 saturated heterocycles. The number of aromatic nitrogens is 3. The third kappa shape index (κ3) is 4.94. The fourth-order valence-electron chi connectivity index (χ4n) is 4.06. The van der Waals surface area contributed by atoms with Crippen LogP contribution in [-0.2, 0) is 0 Å². The quantitative estimate of drug-likeness (QED) is 0.229. The van der Waals surface area contributed by atoms with E-state index in [0.717, 1.165) is 0 Å². The molecule has 3 heteroatoms. The van der Waals surface area contributed by atoms with E-state index >= 15 is 0 Å². The van der Waals surface area contributed by atoms with Gasteiger partial charge in [-0.15, -0.1) is 0 Å². The van der Waals surface area contributed by atoms with E-state index in [1.165, 1.54) is 49.7 Å². The zero-order valence-corrected chi connectivity index (χ0v) is 19.1. The normalized spacial score (nSPS) is 10.5. The van der Waals surface area contributed by atoms with E-state index in [-0.39, 0.29) is 0 Å². The first-order valence-corrected chi connectivity index (χ1v) is 11.5. The smallest absolute Gasteiger partial charge is 0.0464 e. The molecule has 0 fully saturated rings. The maximum absolute atomic E-state index is 3.41. The summed E-state index contributed by atoms with van der Waals surface area (Å²) in [6, 6.07) is 41.6. The molecule has 0 atom stereocenters. The first-order valence-electron chi connectivity index (χ1n) is 11.5. The molecule has 3 nitrogen and oxygen atoms in total. The van der Waals surface area contributed by atoms with Crippen molar-refractivity contribution in [2.75, 3.05) is 0 Å². The number of hydrogen-bond acceptors (Lipinski definition) is 0. The largest absolute Gasteiger partial charge is 0.361 e. The molecule has 0 aliphatic rings. The van der Waals surface area contributed by atoms with Crippen LogP contribution in [0.2, 0.25) is 0 Å². The van der Waals surface area contributed by atoms with Crippen molar-refractivity contribution >= 4 is 32.7 Å². The lowest BCUT2D eigenvalue weighted by molar-refractivity contribution is 1.30. The Bertz CT molecular complexity index is 1520. The molecule has 0 radical (unpaired) electrons. The highest BCUT2D eigenvalue weighted by Crippen LogP contribution is 2.23. The van der Waals surface area contributed by atoms with Gasteiger partial charge in [-0.1, -0.05) is 84.9 Å². The molecule has 0 unspecified atom stereocenters. The summed E-state index contributed by atoms with van der Waals surface area (Å²) in [5, 5.41) is 3.83. The number of rotatable bonds is 1. The van der Waals surface area contributed by atoms with Gasteiger partial charge < -0.3 is 15.0 Å². The minimum absolute atomic E-state index is 1.18. The maximum Gasteiger partial charge on any atom is 0.0464 e. The Morgan fingerprint density at radius 1 is 0.471 bits per heavy atom. The topological polar surface area (TPSA) is 47.4 Å². The van der Waals surface area contributed by atoms with E-state index in [1.807, 2.05) is 36.5 Å². The Kier molecular flexibility index (Phi) is 6.26. The molecule has 0 amide bonds. The van der Waals surface area contributed by atoms with Gasteiger partial charge in [0.25, 0.3) is 0 Å². The molecular weight excluding hydrogens is 414 g/mol. The third-order valence-corrected chi connectivity index (χ3v) is 5.74. The fourth-order valence-corrected chi connectivity index (χ4v) is 4.06. The van der Waals surface area contributed by atoms with Crippen LogP contribution in [0, 0.1) is 6.92 Å². The van der Waals surface area contributed by atoms with E-state index in [2.05, 4.69) is 113 Å². The second kappa shape index (κ2) is 9.97. The number of nitrogens with one attached hydrogen (secondary N) is 3. The van der Waals surface area contributed by atoms with Crippen LogP contribution in [0.4, 0.5) is 0 Å². The number of aromatic amines is 3. The Hall–Kier alpha value is -4.50. The standard InChI is InChI=1S/C14H11N.C9H9N.C8H7N/c1-2-6-11(7-3-1)14-10-12-8-4-5-9-13(12)15-14;1-7-6-8-4-2-3-5-9(8)10-7;1-2-4-8-7(3-1)5-6-9-8/h1-10,15H;2-6,10H,1H3;1-6,9H. The molecule has 0 bridgehead atoms. The van der Waals surface area contributed by atoms with Gasteiger partial charge in [0.2, 0.25) is 0 Å². The van der Waals surface area contributed by atoms with Crippen LogP contribution in [0.1, 0.15) is 5.69 Å². The van der Waals surface area contributed by atoms with Crippen molar-refractivity contribution in [2.45, 2.75) is 6.92 Å². The summed E-state index contributed by atoms with van der Waals surface area (Å²) in [5.74, 6) is 0. The van der Waals surface area contributed by atoms with Crippen LogP contribution in [0.25, 0.3) is 44.0 Å². The fraction of sp³-hybridized carbons (Fsp3) is 0.0323. The Morgan fingerprint density at radius 3 is 1.68 bits per heavy atom. The van der Waals surface area contributed by atoms with Crippen molar-refractivity contribution in [1.29, 1.82) is 0 Å². The van der Waals surface area contributed by atoms with Crippen LogP contribution < -0.4 is 0 Å². The SMILES string of the molecule is Cc1cc2ccccc2[nH]1.c1ccc(-c2cc3ccccc3[nH]2)cc1.c1ccc2[nH]ccc2c1. The number of aryl methyl sites for hydroxylation is 1. The van der Waals surface area contributed by atoms with Crippen molar-refractivity contribution in [3.8, 4) is 11.3 Å². The number of H-pyrrole nitrogens is 3. The number of fused-ring (bicyclic) bond motifs is 3. The predicted molar refractivity (Wildman–Crippen MR) is 145 cm³/mol. The Balaban J connectivity index is 0.000000111. The highest BCUT2D eigenvalue weighted by molar-refractivity contribution is 5.85. The summed E-state index contributed by atoms with van der Waals surface area (Å²) in [7, 11) is 0. The van der Waals surface area contributed by atoms with Crippen LogP contribution in [-0.4, -0.2) is 15.0 Å². The van der Waals surface area contributed by atoms with E-state index in [1.54, 1.807) is 0 Å². The summed E-state index contributed by atoms with van der Waals surface area (Å²) in [5.41, 5.74) is 7.25. The number of hydrogen-bond donors (Lipinski definition) is 3. The lowest BCUT2D eigenvalue weighted by atomic mass is 10.1. The van der Waals surface area contributed by atoms with Crippen molar-refractivity contribution < 1.29 is 0 Å². The van der Waals surface area contributed by atoms with Crippen molar-refractivity contribution in [1.82, 2.24) is 15.0 Å². The monoisotopic (exact) mass is 441 g/mol. The second-order valence-corrected chi connectivity index (χ2v) is 8.24. The average molecular weight is 442 g/mol. The van der Waals surface area contributed by atoms with Gasteiger partial charge in [0.15, 0.2) is 0 Å². The van der Waals surface area contributed by atoms with E-state index < -0.39 is 0 Å². The molecule has 4 aromatic carbocycles. The van der Waals surface area contributed by atoms with Crippen molar-refractivity contribution in [3.63, 3.8) is 0 Å². The zero-order valence-electron chi connectivity index (χ0n) is 19.1. The minimum Gasteiger partial charge on any atom is -0.361 e. The molecule has 34 heavy (non-hydrogen) atoms. The lowest BCUT2D eigenvalue weighted by Crippen LogP contribution is -1.74. The maximum atomic E-state index is 3.41. The van der Waals surface area contributed by atoms with Crippen molar-refractivity contribution in [2.24, 2.45) is 0 Å². The molecule has 166 valence electrons. The molecule has 3 N–H and O–H groups in total. The van der Waals surface area contributed by atoms with E-state index in [9.17, 15) is 0 Å². The third-order valence-electron chi connectivity index (χ3n) is 5.74. The van der Waals surface area contributed by atoms with Crippen LogP contribution in [0.5, 0.6) is 0 Å². The summed E-state index contributed by atoms with van der Waals surface area (Å²) in [6.45, 7) is 2.07. The molecule has 7 rings (SSSR count). The zero-order chi connectivity index (χ0) is 23.2. The van der Waals surface area contributed by atoms with Gasteiger partial charge in [0.1, 0.15) is 0 Å². The number of benzene rings is 4. The summed E-state index contributed by atoms with van der Waals surface area (Å²) in [4.78, 5) is 9.79. The molecule has 0 spiro atoms. The molecule has 3 heterocycles. The summed E-state index contributed by atoms with van der Waals surface area (Å²) < 4.78 is 0. The van der Waals surface area contributed by atoms with E-state index in [0.29, 0.717) is 0 Å². The van der Waals surface area contributed by atoms with Gasteiger partial charge in [-0.3, -0.25) is 0 Å². The van der Waals surface area contributed by atoms with Crippen LogP contribution in [0.15, 0.2) is 128 Å². The molecule has 0 aliphatic carbocycles. The second-order valence-electron chi connectivity index (χ2n) is 8.24. The summed E-state index contributed by atoms with van der Waals surface area (Å²) in [6.07, 6.45) is 1.95. The highest BCUT2D eigenvalue weighted by atomic mass is 14.7. The van der Waals surface area contributed by atoms with Gasteiger partial charge >= 0.3 is 0 Å². The van der Waals surface area contributed by atoms with Gasteiger partial charge in [0, 0.05) is 39.5 Å². The lowest BCUT2D eigenvalue weighted by Gasteiger charge is -1.94. The van der Waals surface area contributed by atoms with Gasteiger partial charge in [0.05, 0.1) is 0 Å². The first kappa shape index (κ1) is 21.4. The molecule has 3 aromatic heterocycles. The van der Waals surface area contributed by atoms with E-state index in [4.69, 9.17) is 0 Å². The van der Waals surface area contributed by atoms with Gasteiger partial charge in [-0.2, -0.15) is 0 Å². The molecular formula is C31H27N3. The number of para-hydroxylation sites is 3. The molecule has 0 saturated carbocycles. The average Bonchev–Trinajstić information content (AvgIpc) is 3.62. The first-order chi connectivity index (χ1) is 16.8. The summed E-state index contributed by atoms with van der Waals surface area (Å²) >= 11 is 0. The van der Waals surface area contributed by atoms with Crippen molar-refractivity contribution in [3.05, 3.63) is 133 Å². The molecule has 0 aliphatic heterocycles. The molecule has 7 aromatic rings. The Morgan fingerprint density at radius 2 is 1.03 bits per heavy atom. The predicted octanol–water partition coefficient (Wildman–Crippen LogP) is 8.48. The van der Waals surface area contributed by atoms with Gasteiger partial charge in [-0.25, -0.2) is 0 Å².